The van der Waals surface area contributed by atoms with Crippen molar-refractivity contribution in [3.8, 4) is 5.75 Å². The van der Waals surface area contributed by atoms with Crippen LogP contribution in [0.1, 0.15) is 46.0 Å². The number of aryl methyl sites for hydroxylation is 1. The second-order valence-electron chi connectivity index (χ2n) is 5.90. The predicted molar refractivity (Wildman–Crippen MR) is 98.8 cm³/mol. The number of likely N-dealkylation sites (N-methyl/N-ethyl adjacent to an activating group) is 1. The number of nitrogens with one attached hydrogen (secondary N) is 3. The number of rotatable bonds is 7. The summed E-state index contributed by atoms with van der Waals surface area (Å²) in [5, 5.41) is 5.42. The van der Waals surface area contributed by atoms with E-state index in [9.17, 15) is 14.4 Å². The number of H-pyrrole nitrogens is 1. The van der Waals surface area contributed by atoms with Crippen LogP contribution in [-0.4, -0.2) is 35.7 Å². The van der Waals surface area contributed by atoms with Gasteiger partial charge in [0.05, 0.1) is 0 Å². The van der Waals surface area contributed by atoms with E-state index in [2.05, 4.69) is 15.6 Å². The minimum atomic E-state index is -0.325. The molecule has 138 valence electrons. The second-order valence-corrected chi connectivity index (χ2v) is 5.90. The molecule has 1 heterocycles. The van der Waals surface area contributed by atoms with Crippen LogP contribution in [-0.2, 0) is 4.79 Å². The number of hydrogen-bond donors (Lipinski definition) is 3. The standard InChI is InChI=1S/C19H23N3O4/c1-5-20-16(24)10-26-15-8-6-14(7-9-15)22-19(25)18-11(2)17(13(4)23)12(3)21-18/h6-9,21H,5,10H2,1-4H3,(H,20,24)(H,22,25). The first-order valence-electron chi connectivity index (χ1n) is 8.34. The summed E-state index contributed by atoms with van der Waals surface area (Å²) in [5.74, 6) is -0.0678. The number of amides is 2. The number of carbonyl (C=O) groups excluding carboxylic acids is 3. The van der Waals surface area contributed by atoms with E-state index < -0.39 is 0 Å². The SMILES string of the molecule is CCNC(=O)COc1ccc(NC(=O)c2[nH]c(C)c(C(C)=O)c2C)cc1. The Labute approximate surface area is 152 Å². The molecule has 0 saturated carbocycles. The van der Waals surface area contributed by atoms with Crippen LogP contribution >= 0.6 is 0 Å². The van der Waals surface area contributed by atoms with Gasteiger partial charge in [-0.15, -0.1) is 0 Å². The number of ether oxygens (including phenoxy) is 1. The van der Waals surface area contributed by atoms with Crippen LogP contribution in [0, 0.1) is 13.8 Å². The van der Waals surface area contributed by atoms with Crippen molar-refractivity contribution in [3.05, 3.63) is 46.8 Å². The maximum Gasteiger partial charge on any atom is 0.272 e. The zero-order valence-corrected chi connectivity index (χ0v) is 15.4. The van der Waals surface area contributed by atoms with Gasteiger partial charge in [-0.1, -0.05) is 0 Å². The lowest BCUT2D eigenvalue weighted by atomic mass is 10.1. The number of Topliss-reactive ketones (excluding diaryl/α,β-unsaturated/α-hetero) is 1. The first kappa shape index (κ1) is 19.2. The normalized spacial score (nSPS) is 10.3. The average Bonchev–Trinajstić information content (AvgIpc) is 2.89. The van der Waals surface area contributed by atoms with Crippen LogP contribution in [0.4, 0.5) is 5.69 Å². The van der Waals surface area contributed by atoms with E-state index in [-0.39, 0.29) is 24.2 Å². The molecule has 0 fully saturated rings. The third-order valence-corrected chi connectivity index (χ3v) is 3.87. The van der Waals surface area contributed by atoms with Crippen LogP contribution in [0.2, 0.25) is 0 Å². The van der Waals surface area contributed by atoms with Crippen molar-refractivity contribution >= 4 is 23.3 Å². The zero-order chi connectivity index (χ0) is 19.3. The molecule has 7 heteroatoms. The van der Waals surface area contributed by atoms with Gasteiger partial charge in [0, 0.05) is 23.5 Å². The molecular weight excluding hydrogens is 334 g/mol. The summed E-state index contributed by atoms with van der Waals surface area (Å²) in [4.78, 5) is 38.5. The van der Waals surface area contributed by atoms with E-state index >= 15 is 0 Å². The van der Waals surface area contributed by atoms with Gasteiger partial charge in [0.15, 0.2) is 12.4 Å². The topological polar surface area (TPSA) is 100 Å². The van der Waals surface area contributed by atoms with Crippen molar-refractivity contribution < 1.29 is 19.1 Å². The monoisotopic (exact) mass is 357 g/mol. The van der Waals surface area contributed by atoms with Crippen molar-refractivity contribution in [2.45, 2.75) is 27.7 Å². The van der Waals surface area contributed by atoms with Gasteiger partial charge in [-0.2, -0.15) is 0 Å². The third-order valence-electron chi connectivity index (χ3n) is 3.87. The van der Waals surface area contributed by atoms with Crippen molar-refractivity contribution in [1.82, 2.24) is 10.3 Å². The minimum absolute atomic E-state index is 0.0612. The number of aromatic nitrogens is 1. The lowest BCUT2D eigenvalue weighted by Gasteiger charge is -2.08. The molecule has 2 rings (SSSR count). The van der Waals surface area contributed by atoms with E-state index in [1.165, 1.54) is 6.92 Å². The fourth-order valence-corrected chi connectivity index (χ4v) is 2.73. The number of hydrogen-bond acceptors (Lipinski definition) is 4. The summed E-state index contributed by atoms with van der Waals surface area (Å²) in [6.45, 7) is 7.31. The lowest BCUT2D eigenvalue weighted by Crippen LogP contribution is -2.28. The molecule has 0 spiro atoms. The average molecular weight is 357 g/mol. The van der Waals surface area contributed by atoms with E-state index in [4.69, 9.17) is 4.74 Å². The highest BCUT2D eigenvalue weighted by Gasteiger charge is 2.19. The molecule has 1 aromatic carbocycles. The molecule has 1 aromatic heterocycles. The molecule has 0 aliphatic rings. The molecule has 3 N–H and O–H groups in total. The minimum Gasteiger partial charge on any atom is -0.484 e. The smallest absolute Gasteiger partial charge is 0.272 e. The third kappa shape index (κ3) is 4.50. The Balaban J connectivity index is 2.03. The summed E-state index contributed by atoms with van der Waals surface area (Å²) >= 11 is 0. The number of ketones is 1. The van der Waals surface area contributed by atoms with E-state index in [0.717, 1.165) is 0 Å². The van der Waals surface area contributed by atoms with Gasteiger partial charge in [-0.25, -0.2) is 0 Å². The van der Waals surface area contributed by atoms with Gasteiger partial charge in [-0.3, -0.25) is 14.4 Å². The summed E-state index contributed by atoms with van der Waals surface area (Å²) < 4.78 is 5.36. The number of benzene rings is 1. The van der Waals surface area contributed by atoms with Gasteiger partial charge in [-0.05, 0) is 57.5 Å². The van der Waals surface area contributed by atoms with Crippen molar-refractivity contribution in [2.24, 2.45) is 0 Å². The molecule has 2 amide bonds. The molecule has 0 aliphatic heterocycles. The summed E-state index contributed by atoms with van der Waals surface area (Å²) in [6, 6.07) is 6.70. The molecule has 0 bridgehead atoms. The number of aromatic amines is 1. The van der Waals surface area contributed by atoms with Crippen LogP contribution < -0.4 is 15.4 Å². The fraction of sp³-hybridized carbons (Fsp3) is 0.316. The predicted octanol–water partition coefficient (Wildman–Crippen LogP) is 2.60. The molecule has 0 unspecified atom stereocenters. The quantitative estimate of drug-likeness (QED) is 0.663. The Hall–Kier alpha value is -3.09. The largest absolute Gasteiger partial charge is 0.484 e. The van der Waals surface area contributed by atoms with Crippen LogP contribution in [0.3, 0.4) is 0 Å². The van der Waals surface area contributed by atoms with Gasteiger partial charge < -0.3 is 20.4 Å². The Morgan fingerprint density at radius 1 is 1.12 bits per heavy atom. The Morgan fingerprint density at radius 3 is 2.31 bits per heavy atom. The summed E-state index contributed by atoms with van der Waals surface area (Å²) in [7, 11) is 0. The van der Waals surface area contributed by atoms with Crippen LogP contribution in [0.15, 0.2) is 24.3 Å². The highest BCUT2D eigenvalue weighted by molar-refractivity contribution is 6.07. The molecule has 2 aromatic rings. The molecule has 0 radical (unpaired) electrons. The van der Waals surface area contributed by atoms with Gasteiger partial charge in [0.1, 0.15) is 11.4 Å². The maximum absolute atomic E-state index is 12.5. The van der Waals surface area contributed by atoms with Gasteiger partial charge in [0.2, 0.25) is 0 Å². The molecular formula is C19H23N3O4. The van der Waals surface area contributed by atoms with Crippen molar-refractivity contribution in [3.63, 3.8) is 0 Å². The Morgan fingerprint density at radius 2 is 1.77 bits per heavy atom. The molecule has 7 nitrogen and oxygen atoms in total. The van der Waals surface area contributed by atoms with E-state index in [0.29, 0.717) is 40.5 Å². The van der Waals surface area contributed by atoms with Crippen molar-refractivity contribution in [1.29, 1.82) is 0 Å². The van der Waals surface area contributed by atoms with Gasteiger partial charge in [0.25, 0.3) is 11.8 Å². The second kappa shape index (κ2) is 8.33. The summed E-state index contributed by atoms with van der Waals surface area (Å²) in [5.41, 5.74) is 2.80. The lowest BCUT2D eigenvalue weighted by molar-refractivity contribution is -0.122. The van der Waals surface area contributed by atoms with E-state index in [1.807, 2.05) is 6.92 Å². The fourth-order valence-electron chi connectivity index (χ4n) is 2.73. The molecule has 0 atom stereocenters. The van der Waals surface area contributed by atoms with Crippen LogP contribution in [0.5, 0.6) is 5.75 Å². The van der Waals surface area contributed by atoms with Gasteiger partial charge >= 0.3 is 0 Å². The zero-order valence-electron chi connectivity index (χ0n) is 15.4. The molecule has 0 saturated heterocycles. The van der Waals surface area contributed by atoms with E-state index in [1.54, 1.807) is 38.1 Å². The Bertz CT molecular complexity index is 822. The highest BCUT2D eigenvalue weighted by atomic mass is 16.5. The molecule has 0 aliphatic carbocycles. The highest BCUT2D eigenvalue weighted by Crippen LogP contribution is 2.21. The Kier molecular flexibility index (Phi) is 6.16. The van der Waals surface area contributed by atoms with Crippen molar-refractivity contribution in [2.75, 3.05) is 18.5 Å². The number of anilines is 1. The maximum atomic E-state index is 12.5. The number of carbonyl (C=O) groups is 3. The first-order chi connectivity index (χ1) is 12.3. The first-order valence-corrected chi connectivity index (χ1v) is 8.34. The molecule has 26 heavy (non-hydrogen) atoms. The summed E-state index contributed by atoms with van der Waals surface area (Å²) in [6.07, 6.45) is 0. The van der Waals surface area contributed by atoms with Crippen LogP contribution in [0.25, 0.3) is 0 Å².